The van der Waals surface area contributed by atoms with Crippen LogP contribution in [0.2, 0.25) is 18.1 Å². The van der Waals surface area contributed by atoms with E-state index in [9.17, 15) is 14.3 Å². The van der Waals surface area contributed by atoms with Crippen molar-refractivity contribution < 1.29 is 51.4 Å². The van der Waals surface area contributed by atoms with Gasteiger partial charge in [-0.15, -0.1) is 0 Å². The summed E-state index contributed by atoms with van der Waals surface area (Å²) in [5, 5.41) is 16.7. The van der Waals surface area contributed by atoms with Crippen LogP contribution in [0.25, 0.3) is 16.5 Å². The zero-order chi connectivity index (χ0) is 44.8. The van der Waals surface area contributed by atoms with Gasteiger partial charge in [0.05, 0.1) is 11.6 Å². The van der Waals surface area contributed by atoms with Crippen LogP contribution in [-0.2, 0) is 33.5 Å². The third kappa shape index (κ3) is 7.33. The van der Waals surface area contributed by atoms with Crippen LogP contribution in [0.4, 0.5) is 13.6 Å². The molecule has 4 aromatic rings. The molecular formula is C47H55F2N3O9Si. The highest BCUT2D eigenvalue weighted by atomic mass is 28.4. The van der Waals surface area contributed by atoms with Crippen LogP contribution in [0.5, 0.6) is 11.6 Å². The summed E-state index contributed by atoms with van der Waals surface area (Å²) < 4.78 is 61.8. The number of fused-ring (bicyclic) bond motifs is 5. The van der Waals surface area contributed by atoms with E-state index >= 15 is 14.0 Å². The molecule has 1 aromatic heterocycles. The Balaban J connectivity index is 1.33. The van der Waals surface area contributed by atoms with Crippen molar-refractivity contribution in [2.45, 2.75) is 109 Å². The molecule has 3 aliphatic carbocycles. The summed E-state index contributed by atoms with van der Waals surface area (Å²) in [4.78, 5) is 48.8. The van der Waals surface area contributed by atoms with E-state index in [2.05, 4.69) is 5.16 Å². The number of halogens is 2. The van der Waals surface area contributed by atoms with Crippen LogP contribution in [0.15, 0.2) is 58.6 Å². The largest absolute Gasteiger partial charge is 0.514 e. The van der Waals surface area contributed by atoms with Gasteiger partial charge in [-0.05, 0) is 94.1 Å². The van der Waals surface area contributed by atoms with E-state index in [1.165, 1.54) is 0 Å². The summed E-state index contributed by atoms with van der Waals surface area (Å²) in [6, 6.07) is 13.6. The lowest BCUT2D eigenvalue weighted by Gasteiger charge is -2.55. The number of ketones is 2. The number of ether oxygens (including phenoxy) is 3. The fraction of sp³-hybridized carbons (Fsp3) is 0.489. The number of hydrogen-bond donors (Lipinski definition) is 1. The van der Waals surface area contributed by atoms with Gasteiger partial charge in [-0.3, -0.25) is 19.4 Å². The molecule has 0 bridgehead atoms. The SMILES string of the molecule is CN(C)[C@@H]1c2onc(OCc3ccccc3)c2C(=O)[C@@]2(O[Si](C)(C)C(C)(C)C)C(=O)C3=C(O)c4c(c(F)c5ccc(CN6CC(F)C6)cc5c4OC(=O)OC(C)(C)C)C[C@H]3C[C@@H]12. The number of alkyl halides is 1. The number of nitrogens with zero attached hydrogens (tertiary/aromatic N) is 3. The van der Waals surface area contributed by atoms with Crippen LogP contribution >= 0.6 is 0 Å². The molecule has 0 radical (unpaired) electrons. The molecule has 1 N–H and O–H groups in total. The molecule has 4 aliphatic rings. The average molecular weight is 872 g/mol. The summed E-state index contributed by atoms with van der Waals surface area (Å²) in [7, 11) is 0.581. The van der Waals surface area contributed by atoms with Gasteiger partial charge in [0.25, 0.3) is 5.88 Å². The molecule has 3 aromatic carbocycles. The molecule has 1 saturated carbocycles. The quantitative estimate of drug-likeness (QED) is 0.0742. The second-order valence-electron chi connectivity index (χ2n) is 19.9. The predicted octanol–water partition coefficient (Wildman–Crippen LogP) is 9.30. The van der Waals surface area contributed by atoms with Gasteiger partial charge in [0.15, 0.2) is 25.4 Å². The number of hydrogen-bond acceptors (Lipinski definition) is 12. The van der Waals surface area contributed by atoms with Gasteiger partial charge in [-0.2, -0.15) is 0 Å². The van der Waals surface area contributed by atoms with Gasteiger partial charge in [0, 0.05) is 47.5 Å². The van der Waals surface area contributed by atoms with Gasteiger partial charge in [0.1, 0.15) is 35.5 Å². The number of benzene rings is 3. The lowest BCUT2D eigenvalue weighted by molar-refractivity contribution is -0.140. The summed E-state index contributed by atoms with van der Waals surface area (Å²) in [6.07, 6.45) is -2.00. The Kier molecular flexibility index (Phi) is 10.8. The molecule has 330 valence electrons. The van der Waals surface area contributed by atoms with Crippen molar-refractivity contribution in [3.8, 4) is 11.6 Å². The molecule has 8 rings (SSSR count). The molecule has 1 saturated heterocycles. The molecule has 1 aliphatic heterocycles. The van der Waals surface area contributed by atoms with Crippen molar-refractivity contribution in [2.75, 3.05) is 27.2 Å². The molecule has 0 amide bonds. The molecule has 4 atom stereocenters. The Morgan fingerprint density at radius 3 is 2.32 bits per heavy atom. The minimum Gasteiger partial charge on any atom is -0.507 e. The molecule has 2 fully saturated rings. The van der Waals surface area contributed by atoms with Gasteiger partial charge >= 0.3 is 6.16 Å². The molecular weight excluding hydrogens is 817 g/mol. The summed E-state index contributed by atoms with van der Waals surface area (Å²) in [6.45, 7) is 15.8. The molecule has 12 nitrogen and oxygen atoms in total. The molecule has 15 heteroatoms. The van der Waals surface area contributed by atoms with E-state index in [4.69, 9.17) is 23.2 Å². The smallest absolute Gasteiger partial charge is 0.507 e. The topological polar surface area (TPSA) is 141 Å². The highest BCUT2D eigenvalue weighted by Crippen LogP contribution is 2.59. The Labute approximate surface area is 361 Å². The second kappa shape index (κ2) is 15.4. The van der Waals surface area contributed by atoms with E-state index in [-0.39, 0.29) is 83.0 Å². The number of likely N-dealkylation sites (tertiary alicyclic amines) is 1. The molecule has 0 unspecified atom stereocenters. The first kappa shape index (κ1) is 43.7. The number of carbonyl (C=O) groups is 3. The number of carbonyl (C=O) groups excluding carboxylic acids is 3. The fourth-order valence-corrected chi connectivity index (χ4v) is 10.7. The van der Waals surface area contributed by atoms with E-state index in [0.29, 0.717) is 12.1 Å². The number of aliphatic hydroxyl groups excluding tert-OH is 1. The van der Waals surface area contributed by atoms with Crippen molar-refractivity contribution in [1.82, 2.24) is 15.0 Å². The van der Waals surface area contributed by atoms with Crippen LogP contribution < -0.4 is 9.47 Å². The van der Waals surface area contributed by atoms with Crippen molar-refractivity contribution in [1.29, 1.82) is 0 Å². The number of Topliss-reactive ketones (excluding diaryl/α,β-unsaturated/α-hetero) is 2. The van der Waals surface area contributed by atoms with E-state index < -0.39 is 77.9 Å². The molecule has 0 spiro atoms. The zero-order valence-electron chi connectivity index (χ0n) is 37.0. The number of aromatic nitrogens is 1. The third-order valence-corrected chi connectivity index (χ3v) is 17.6. The third-order valence-electron chi connectivity index (χ3n) is 13.1. The van der Waals surface area contributed by atoms with Crippen LogP contribution in [0.1, 0.15) is 92.4 Å². The summed E-state index contributed by atoms with van der Waals surface area (Å²) in [5.41, 5.74) is -1.94. The zero-order valence-corrected chi connectivity index (χ0v) is 38.0. The number of rotatable bonds is 9. The monoisotopic (exact) mass is 871 g/mol. The average Bonchev–Trinajstić information content (AvgIpc) is 3.58. The summed E-state index contributed by atoms with van der Waals surface area (Å²) >= 11 is 0. The first-order valence-corrected chi connectivity index (χ1v) is 24.0. The maximum Gasteiger partial charge on any atom is 0.514 e. The number of aliphatic hydroxyl groups is 1. The van der Waals surface area contributed by atoms with Gasteiger partial charge < -0.3 is 28.3 Å². The van der Waals surface area contributed by atoms with Gasteiger partial charge in [-0.25, -0.2) is 13.6 Å². The highest BCUT2D eigenvalue weighted by molar-refractivity contribution is 6.74. The maximum atomic E-state index is 17.1. The Morgan fingerprint density at radius 1 is 1.00 bits per heavy atom. The second-order valence-corrected chi connectivity index (χ2v) is 24.6. The fourth-order valence-electron chi connectivity index (χ4n) is 9.25. The van der Waals surface area contributed by atoms with Crippen LogP contribution in [-0.4, -0.2) is 90.7 Å². The van der Waals surface area contributed by atoms with Gasteiger partial charge in [-0.1, -0.05) is 63.2 Å². The lowest BCUT2D eigenvalue weighted by Crippen LogP contribution is -2.68. The van der Waals surface area contributed by atoms with E-state index in [0.717, 1.165) is 5.56 Å². The predicted molar refractivity (Wildman–Crippen MR) is 230 cm³/mol. The minimum absolute atomic E-state index is 0.0162. The normalized spacial score (nSPS) is 23.1. The van der Waals surface area contributed by atoms with Gasteiger partial charge in [0.2, 0.25) is 11.6 Å². The first-order valence-electron chi connectivity index (χ1n) is 21.1. The van der Waals surface area contributed by atoms with Crippen molar-refractivity contribution in [3.05, 3.63) is 93.5 Å². The summed E-state index contributed by atoms with van der Waals surface area (Å²) in [5.74, 6) is -4.44. The molecule has 2 heterocycles. The lowest BCUT2D eigenvalue weighted by atomic mass is 9.57. The van der Waals surface area contributed by atoms with Crippen molar-refractivity contribution in [2.24, 2.45) is 11.8 Å². The maximum absolute atomic E-state index is 17.1. The minimum atomic E-state index is -3.05. The van der Waals surface area contributed by atoms with Crippen molar-refractivity contribution in [3.63, 3.8) is 0 Å². The highest BCUT2D eigenvalue weighted by Gasteiger charge is 2.69. The van der Waals surface area contributed by atoms with E-state index in [1.807, 2.05) is 88.1 Å². The van der Waals surface area contributed by atoms with E-state index in [1.54, 1.807) is 39.0 Å². The van der Waals surface area contributed by atoms with Crippen LogP contribution in [0.3, 0.4) is 0 Å². The Bertz CT molecular complexity index is 2500. The van der Waals surface area contributed by atoms with Crippen LogP contribution in [0, 0.1) is 17.7 Å². The molecule has 62 heavy (non-hydrogen) atoms. The van der Waals surface area contributed by atoms with Crippen molar-refractivity contribution >= 4 is 42.6 Å². The first-order chi connectivity index (χ1) is 29.0. The standard InChI is InChI=1S/C47H55F2N3O9Si/c1-45(2,3)59-44(56)58-39-30-18-26(21-52-22-28(48)23-52)16-17-29(30)36(49)31-19-27-20-32-37(51(7)8)40-35(43(50-60-40)57-24-25-14-12-11-13-15-25)42(55)47(32,61-62(9,10)46(4,5)6)41(54)33(27)38(53)34(31)39/h11-18,27-28,32,37,53H,19-24H2,1-10H3/t27-,32-,37-,47-/m0/s1. The Morgan fingerprint density at radius 2 is 1.69 bits per heavy atom. The Hall–Kier alpha value is -4.96.